The third kappa shape index (κ3) is 5.09. The van der Waals surface area contributed by atoms with Crippen LogP contribution in [-0.2, 0) is 5.41 Å². The van der Waals surface area contributed by atoms with Gasteiger partial charge in [0.15, 0.2) is 0 Å². The fourth-order valence-corrected chi connectivity index (χ4v) is 6.31. The van der Waals surface area contributed by atoms with Crippen LogP contribution in [0.5, 0.6) is 0 Å². The van der Waals surface area contributed by atoms with E-state index in [1.807, 2.05) is 0 Å². The van der Waals surface area contributed by atoms with E-state index in [9.17, 15) is 0 Å². The van der Waals surface area contributed by atoms with Crippen LogP contribution < -0.4 is 0 Å². The molecule has 0 amide bonds. The van der Waals surface area contributed by atoms with E-state index in [1.54, 1.807) is 0 Å². The highest BCUT2D eigenvalue weighted by molar-refractivity contribution is 5.96. The zero-order valence-electron chi connectivity index (χ0n) is 24.3. The van der Waals surface area contributed by atoms with Gasteiger partial charge in [-0.15, -0.1) is 0 Å². The smallest absolute Gasteiger partial charge is 0.0710 e. The van der Waals surface area contributed by atoms with Crippen LogP contribution in [0.4, 0.5) is 0 Å². The molecule has 0 fully saturated rings. The van der Waals surface area contributed by atoms with Crippen LogP contribution in [0.2, 0.25) is 0 Å². The van der Waals surface area contributed by atoms with Gasteiger partial charge >= 0.3 is 0 Å². The quantitative estimate of drug-likeness (QED) is 0.318. The van der Waals surface area contributed by atoms with E-state index in [0.717, 1.165) is 30.7 Å². The number of likely N-dealkylation sites (N-methyl/N-ethyl adjacent to an activating group) is 1. The van der Waals surface area contributed by atoms with E-state index < -0.39 is 5.41 Å². The van der Waals surface area contributed by atoms with Crippen molar-refractivity contribution < 1.29 is 0 Å². The van der Waals surface area contributed by atoms with Gasteiger partial charge in [0.25, 0.3) is 0 Å². The summed E-state index contributed by atoms with van der Waals surface area (Å²) in [6.07, 6.45) is 23.5. The number of hydrogen-bond donors (Lipinski definition) is 0. The molecule has 206 valence electrons. The summed E-state index contributed by atoms with van der Waals surface area (Å²) < 4.78 is 0. The van der Waals surface area contributed by atoms with Crippen LogP contribution in [0, 0.1) is 0 Å². The molecule has 0 saturated heterocycles. The average molecular weight is 544 g/mol. The summed E-state index contributed by atoms with van der Waals surface area (Å²) in [5.74, 6) is 0. The fourth-order valence-electron chi connectivity index (χ4n) is 6.31. The molecule has 0 aromatic heterocycles. The van der Waals surface area contributed by atoms with Crippen LogP contribution >= 0.6 is 0 Å². The maximum atomic E-state index is 4.52. The van der Waals surface area contributed by atoms with Gasteiger partial charge in [-0.3, -0.25) is 4.90 Å². The lowest BCUT2D eigenvalue weighted by Gasteiger charge is -2.35. The Hall–Kier alpha value is -4.72. The number of allylic oxidation sites excluding steroid dienone is 14. The maximum absolute atomic E-state index is 4.52. The van der Waals surface area contributed by atoms with E-state index >= 15 is 0 Å². The molecule has 1 aliphatic heterocycles. The van der Waals surface area contributed by atoms with Crippen molar-refractivity contribution in [3.63, 3.8) is 0 Å². The van der Waals surface area contributed by atoms with Crippen molar-refractivity contribution in [1.29, 1.82) is 0 Å². The first-order chi connectivity index (χ1) is 20.6. The number of nitrogens with zero attached hydrogens (tertiary/aromatic N) is 1. The van der Waals surface area contributed by atoms with Gasteiger partial charge in [0.05, 0.1) is 5.41 Å². The minimum absolute atomic E-state index is 0.460. The van der Waals surface area contributed by atoms with E-state index in [2.05, 4.69) is 171 Å². The van der Waals surface area contributed by atoms with Gasteiger partial charge in [-0.05, 0) is 75.2 Å². The van der Waals surface area contributed by atoms with Crippen LogP contribution in [-0.4, -0.2) is 25.0 Å². The van der Waals surface area contributed by atoms with Crippen molar-refractivity contribution in [3.8, 4) is 0 Å². The molecule has 6 rings (SSSR count). The van der Waals surface area contributed by atoms with Crippen LogP contribution in [0.25, 0.3) is 11.1 Å². The van der Waals surface area contributed by atoms with Crippen molar-refractivity contribution in [3.05, 3.63) is 203 Å². The van der Waals surface area contributed by atoms with Crippen molar-refractivity contribution in [2.75, 3.05) is 20.1 Å². The molecule has 0 N–H and O–H groups in total. The predicted octanol–water partition coefficient (Wildman–Crippen LogP) is 9.44. The molecule has 3 aliphatic rings. The largest absolute Gasteiger partial charge is 0.299 e. The summed E-state index contributed by atoms with van der Waals surface area (Å²) in [6, 6.07) is 30.4. The minimum Gasteiger partial charge on any atom is -0.299 e. The fraction of sp³-hybridized carbons (Fsp3) is 0.122. The molecule has 3 aromatic carbocycles. The summed E-state index contributed by atoms with van der Waals surface area (Å²) in [7, 11) is 2.20. The Bertz CT molecular complexity index is 1720. The standard InChI is InChI=1S/C41H37N/c1-31-24-25-34(33-16-8-6-9-17-33)26-28-42(3)29-27-40-38(30-32(31)2)37-22-14-15-23-39(37)41(40,36-20-12-7-13-21-36)35-18-10-4-5-11-19-35/h4,6-27,30H,1-2,5,28-29H2,3H3/b25-24-,34-26+,38-30-,40-27+/t41-/m0/s1. The van der Waals surface area contributed by atoms with Crippen LogP contribution in [0.15, 0.2) is 181 Å². The SMILES string of the molecule is C=C1/C=C\C(c2ccccc2)=C/CN(C)C/C=C2\C(=C/C1=C)c1ccccc1[C@]2(C1=CC=CCC=C1)c1ccccc1. The molecule has 1 atom stereocenters. The van der Waals surface area contributed by atoms with Crippen molar-refractivity contribution in [2.24, 2.45) is 0 Å². The zero-order valence-corrected chi connectivity index (χ0v) is 24.3. The lowest BCUT2D eigenvalue weighted by atomic mass is 9.66. The van der Waals surface area contributed by atoms with Gasteiger partial charge in [-0.2, -0.15) is 0 Å². The number of benzene rings is 3. The second-order valence-electron chi connectivity index (χ2n) is 11.2. The van der Waals surface area contributed by atoms with Gasteiger partial charge in [0, 0.05) is 13.1 Å². The average Bonchev–Trinajstić information content (AvgIpc) is 3.15. The van der Waals surface area contributed by atoms with Crippen LogP contribution in [0.3, 0.4) is 0 Å². The molecule has 0 saturated carbocycles. The molecule has 1 heteroatoms. The predicted molar refractivity (Wildman–Crippen MR) is 180 cm³/mol. The number of hydrogen-bond acceptors (Lipinski definition) is 1. The first-order valence-corrected chi connectivity index (χ1v) is 14.7. The van der Waals surface area contributed by atoms with Crippen molar-refractivity contribution >= 4 is 11.1 Å². The van der Waals surface area contributed by atoms with Gasteiger partial charge in [-0.1, -0.05) is 153 Å². The van der Waals surface area contributed by atoms with Crippen molar-refractivity contribution in [2.45, 2.75) is 11.8 Å². The Balaban J connectivity index is 1.59. The van der Waals surface area contributed by atoms with Gasteiger partial charge in [0.2, 0.25) is 0 Å². The summed E-state index contributed by atoms with van der Waals surface area (Å²) in [5.41, 5.74) is 11.3. The summed E-state index contributed by atoms with van der Waals surface area (Å²) in [4.78, 5) is 2.37. The highest BCUT2D eigenvalue weighted by atomic mass is 15.1. The molecule has 0 bridgehead atoms. The van der Waals surface area contributed by atoms with Gasteiger partial charge in [-0.25, -0.2) is 0 Å². The summed E-state index contributed by atoms with van der Waals surface area (Å²) >= 11 is 0. The first kappa shape index (κ1) is 27.4. The number of fused-ring (bicyclic) bond motifs is 3. The second-order valence-corrected chi connectivity index (χ2v) is 11.2. The molecule has 3 aromatic rings. The van der Waals surface area contributed by atoms with Gasteiger partial charge < -0.3 is 0 Å². The van der Waals surface area contributed by atoms with E-state index in [0.29, 0.717) is 0 Å². The van der Waals surface area contributed by atoms with Crippen molar-refractivity contribution in [1.82, 2.24) is 4.90 Å². The monoisotopic (exact) mass is 543 g/mol. The lowest BCUT2D eigenvalue weighted by Crippen LogP contribution is -2.30. The second kappa shape index (κ2) is 12.0. The summed E-state index contributed by atoms with van der Waals surface area (Å²) in [5, 5.41) is 0. The molecule has 0 radical (unpaired) electrons. The highest BCUT2D eigenvalue weighted by Crippen LogP contribution is 2.58. The third-order valence-corrected chi connectivity index (χ3v) is 8.47. The molecule has 1 heterocycles. The third-order valence-electron chi connectivity index (χ3n) is 8.47. The number of rotatable bonds is 3. The Morgan fingerprint density at radius 1 is 0.714 bits per heavy atom. The molecule has 0 unspecified atom stereocenters. The van der Waals surface area contributed by atoms with E-state index in [4.69, 9.17) is 0 Å². The molecular weight excluding hydrogens is 506 g/mol. The summed E-state index contributed by atoms with van der Waals surface area (Å²) in [6.45, 7) is 10.6. The minimum atomic E-state index is -0.460. The lowest BCUT2D eigenvalue weighted by molar-refractivity contribution is 0.411. The molecule has 1 nitrogen and oxygen atoms in total. The maximum Gasteiger partial charge on any atom is 0.0710 e. The Labute approximate surface area is 250 Å². The normalized spacial score (nSPS) is 25.5. The zero-order chi connectivity index (χ0) is 28.9. The molecular formula is C41H37N. The Kier molecular flexibility index (Phi) is 7.86. The Morgan fingerprint density at radius 3 is 2.24 bits per heavy atom. The molecule has 42 heavy (non-hydrogen) atoms. The van der Waals surface area contributed by atoms with E-state index in [1.165, 1.54) is 44.5 Å². The van der Waals surface area contributed by atoms with Gasteiger partial charge in [0.1, 0.15) is 0 Å². The van der Waals surface area contributed by atoms with E-state index in [-0.39, 0.29) is 0 Å². The highest BCUT2D eigenvalue weighted by Gasteiger charge is 2.48. The molecule has 0 spiro atoms. The topological polar surface area (TPSA) is 3.24 Å². The first-order valence-electron chi connectivity index (χ1n) is 14.7. The molecule has 2 aliphatic carbocycles. The van der Waals surface area contributed by atoms with Crippen LogP contribution in [0.1, 0.15) is 28.7 Å². The Morgan fingerprint density at radius 2 is 1.43 bits per heavy atom.